The molecule has 1 N–H and O–H groups in total. The van der Waals surface area contributed by atoms with Crippen LogP contribution in [-0.2, 0) is 0 Å². The lowest BCUT2D eigenvalue weighted by Gasteiger charge is -2.00. The van der Waals surface area contributed by atoms with Crippen LogP contribution in [-0.4, -0.2) is 19.9 Å². The minimum absolute atomic E-state index is 0.0354. The Morgan fingerprint density at radius 2 is 1.91 bits per heavy atom. The Balaban J connectivity index is 1.89. The van der Waals surface area contributed by atoms with E-state index in [1.54, 1.807) is 6.07 Å². The molecule has 0 bridgehead atoms. The third-order valence-corrected chi connectivity index (χ3v) is 4.61. The summed E-state index contributed by atoms with van der Waals surface area (Å²) in [5.41, 5.74) is 2.95. The predicted octanol–water partition coefficient (Wildman–Crippen LogP) is 4.30. The van der Waals surface area contributed by atoms with E-state index < -0.39 is 0 Å². The second-order valence-corrected chi connectivity index (χ2v) is 6.18. The molecule has 0 radical (unpaired) electrons. The van der Waals surface area contributed by atoms with E-state index in [1.165, 1.54) is 28.2 Å². The fourth-order valence-corrected chi connectivity index (χ4v) is 3.51. The second kappa shape index (κ2) is 5.17. The van der Waals surface area contributed by atoms with E-state index in [4.69, 9.17) is 0 Å². The number of aromatic nitrogens is 3. The maximum Gasteiger partial charge on any atom is 0.224 e. The average Bonchev–Trinajstić information content (AvgIpc) is 3.08. The van der Waals surface area contributed by atoms with E-state index in [2.05, 4.69) is 10.1 Å². The molecule has 23 heavy (non-hydrogen) atoms. The van der Waals surface area contributed by atoms with E-state index in [9.17, 15) is 9.50 Å². The molecule has 0 amide bonds. The zero-order valence-electron chi connectivity index (χ0n) is 12.2. The molecule has 0 aliphatic rings. The summed E-state index contributed by atoms with van der Waals surface area (Å²) < 4.78 is 15.4. The van der Waals surface area contributed by atoms with Gasteiger partial charge in [-0.3, -0.25) is 0 Å². The SMILES string of the molecule is Cc1nn(-c2nc3ccc(F)cc3s2)c(O)c1-c1ccccc1. The maximum atomic E-state index is 13.3. The van der Waals surface area contributed by atoms with Crippen LogP contribution in [0.3, 0.4) is 0 Å². The third kappa shape index (κ3) is 2.27. The number of hydrogen-bond donors (Lipinski definition) is 1. The summed E-state index contributed by atoms with van der Waals surface area (Å²) in [6.45, 7) is 1.84. The van der Waals surface area contributed by atoms with Crippen LogP contribution in [0.5, 0.6) is 5.88 Å². The minimum Gasteiger partial charge on any atom is -0.493 e. The summed E-state index contributed by atoms with van der Waals surface area (Å²) in [6, 6.07) is 14.0. The van der Waals surface area contributed by atoms with Crippen LogP contribution >= 0.6 is 11.3 Å². The number of aryl methyl sites for hydroxylation is 1. The average molecular weight is 325 g/mol. The van der Waals surface area contributed by atoms with Crippen LogP contribution in [0, 0.1) is 12.7 Å². The number of fused-ring (bicyclic) bond motifs is 1. The molecule has 0 atom stereocenters. The zero-order valence-corrected chi connectivity index (χ0v) is 13.0. The quantitative estimate of drug-likeness (QED) is 0.598. The van der Waals surface area contributed by atoms with Gasteiger partial charge >= 0.3 is 0 Å². The monoisotopic (exact) mass is 325 g/mol. The van der Waals surface area contributed by atoms with Crippen molar-refractivity contribution in [1.29, 1.82) is 0 Å². The molecule has 2 aromatic heterocycles. The standard InChI is InChI=1S/C17H12FN3OS/c1-10-15(11-5-3-2-4-6-11)16(22)21(20-10)17-19-13-8-7-12(18)9-14(13)23-17/h2-9,22H,1H3. The summed E-state index contributed by atoms with van der Waals surface area (Å²) in [7, 11) is 0. The first-order chi connectivity index (χ1) is 11.1. The van der Waals surface area contributed by atoms with Gasteiger partial charge in [-0.25, -0.2) is 9.37 Å². The van der Waals surface area contributed by atoms with Gasteiger partial charge < -0.3 is 5.11 Å². The van der Waals surface area contributed by atoms with Crippen molar-refractivity contribution in [2.45, 2.75) is 6.92 Å². The lowest BCUT2D eigenvalue weighted by molar-refractivity contribution is 0.435. The molecule has 0 aliphatic heterocycles. The van der Waals surface area contributed by atoms with Crippen LogP contribution in [0.15, 0.2) is 48.5 Å². The third-order valence-electron chi connectivity index (χ3n) is 3.62. The Labute approximate surface area is 135 Å². The van der Waals surface area contributed by atoms with Crippen LogP contribution in [0.4, 0.5) is 4.39 Å². The van der Waals surface area contributed by atoms with Crippen LogP contribution < -0.4 is 0 Å². The van der Waals surface area contributed by atoms with E-state index >= 15 is 0 Å². The molecule has 0 aliphatic carbocycles. The molecule has 2 heterocycles. The first kappa shape index (κ1) is 13.9. The highest BCUT2D eigenvalue weighted by atomic mass is 32.1. The number of rotatable bonds is 2. The van der Waals surface area contributed by atoms with Gasteiger partial charge in [0.05, 0.1) is 21.5 Å². The van der Waals surface area contributed by atoms with E-state index in [-0.39, 0.29) is 11.7 Å². The highest BCUT2D eigenvalue weighted by Gasteiger charge is 2.19. The van der Waals surface area contributed by atoms with Crippen LogP contribution in [0.1, 0.15) is 5.69 Å². The van der Waals surface area contributed by atoms with Crippen molar-refractivity contribution in [1.82, 2.24) is 14.8 Å². The van der Waals surface area contributed by atoms with Crippen molar-refractivity contribution in [3.8, 4) is 22.1 Å². The Bertz CT molecular complexity index is 1010. The summed E-state index contributed by atoms with van der Waals surface area (Å²) in [6.07, 6.45) is 0. The number of halogens is 1. The Hall–Kier alpha value is -2.73. The number of thiazole rings is 1. The smallest absolute Gasteiger partial charge is 0.224 e. The first-order valence-electron chi connectivity index (χ1n) is 7.04. The minimum atomic E-state index is -0.307. The fourth-order valence-electron chi connectivity index (χ4n) is 2.57. The highest BCUT2D eigenvalue weighted by molar-refractivity contribution is 7.20. The molecule has 0 saturated carbocycles. The van der Waals surface area contributed by atoms with Crippen molar-refractivity contribution >= 4 is 21.6 Å². The van der Waals surface area contributed by atoms with Gasteiger partial charge in [0.15, 0.2) is 0 Å². The number of hydrogen-bond acceptors (Lipinski definition) is 4. The molecular weight excluding hydrogens is 313 g/mol. The topological polar surface area (TPSA) is 50.9 Å². The molecule has 4 rings (SSSR count). The molecule has 2 aromatic carbocycles. The normalized spacial score (nSPS) is 11.2. The van der Waals surface area contributed by atoms with Gasteiger partial charge in [-0.1, -0.05) is 41.7 Å². The lowest BCUT2D eigenvalue weighted by atomic mass is 10.1. The van der Waals surface area contributed by atoms with E-state index in [0.717, 1.165) is 5.56 Å². The summed E-state index contributed by atoms with van der Waals surface area (Å²) >= 11 is 1.29. The fraction of sp³-hybridized carbons (Fsp3) is 0.0588. The number of nitrogens with zero attached hydrogens (tertiary/aromatic N) is 3. The van der Waals surface area contributed by atoms with Crippen molar-refractivity contribution in [2.75, 3.05) is 0 Å². The number of aromatic hydroxyl groups is 1. The Kier molecular flexibility index (Phi) is 3.12. The van der Waals surface area contributed by atoms with Gasteiger partial charge in [-0.2, -0.15) is 9.78 Å². The predicted molar refractivity (Wildman–Crippen MR) is 88.5 cm³/mol. The molecule has 0 spiro atoms. The van der Waals surface area contributed by atoms with Crippen molar-refractivity contribution in [3.05, 3.63) is 60.0 Å². The molecule has 4 nitrogen and oxygen atoms in total. The van der Waals surface area contributed by atoms with Crippen LogP contribution in [0.25, 0.3) is 26.5 Å². The van der Waals surface area contributed by atoms with Gasteiger partial charge in [-0.15, -0.1) is 0 Å². The number of benzene rings is 2. The highest BCUT2D eigenvalue weighted by Crippen LogP contribution is 2.36. The van der Waals surface area contributed by atoms with Crippen molar-refractivity contribution < 1.29 is 9.50 Å². The lowest BCUT2D eigenvalue weighted by Crippen LogP contribution is -1.94. The molecule has 0 saturated heterocycles. The first-order valence-corrected chi connectivity index (χ1v) is 7.85. The summed E-state index contributed by atoms with van der Waals surface area (Å²) in [4.78, 5) is 4.43. The molecule has 6 heteroatoms. The molecule has 114 valence electrons. The maximum absolute atomic E-state index is 13.3. The Morgan fingerprint density at radius 3 is 2.70 bits per heavy atom. The van der Waals surface area contributed by atoms with Gasteiger partial charge in [0.2, 0.25) is 11.0 Å². The van der Waals surface area contributed by atoms with Gasteiger partial charge in [0.1, 0.15) is 5.82 Å². The summed E-state index contributed by atoms with van der Waals surface area (Å²) in [5, 5.41) is 15.5. The Morgan fingerprint density at radius 1 is 1.13 bits per heavy atom. The van der Waals surface area contributed by atoms with E-state index in [1.807, 2.05) is 37.3 Å². The van der Waals surface area contributed by atoms with Gasteiger partial charge in [0.25, 0.3) is 0 Å². The molecule has 0 fully saturated rings. The molecular formula is C17H12FN3OS. The van der Waals surface area contributed by atoms with Crippen molar-refractivity contribution in [2.24, 2.45) is 0 Å². The largest absolute Gasteiger partial charge is 0.493 e. The zero-order chi connectivity index (χ0) is 16.0. The second-order valence-electron chi connectivity index (χ2n) is 5.17. The molecule has 4 aromatic rings. The molecule has 0 unspecified atom stereocenters. The van der Waals surface area contributed by atoms with Crippen LogP contribution in [0.2, 0.25) is 0 Å². The van der Waals surface area contributed by atoms with Crippen molar-refractivity contribution in [3.63, 3.8) is 0 Å². The van der Waals surface area contributed by atoms with Gasteiger partial charge in [0, 0.05) is 0 Å². The van der Waals surface area contributed by atoms with Gasteiger partial charge in [-0.05, 0) is 30.7 Å². The summed E-state index contributed by atoms with van der Waals surface area (Å²) in [5.74, 6) is -0.272. The van der Waals surface area contributed by atoms with E-state index in [0.29, 0.717) is 26.6 Å².